The Labute approximate surface area is 183 Å². The summed E-state index contributed by atoms with van der Waals surface area (Å²) in [4.78, 5) is 0. The van der Waals surface area contributed by atoms with Gasteiger partial charge in [0, 0.05) is 22.6 Å². The monoisotopic (exact) mass is 442 g/mol. The average Bonchev–Trinajstić information content (AvgIpc) is 3.20. The molecule has 0 aliphatic carbocycles. The minimum absolute atomic E-state index is 0.0999. The number of hydrazone groups is 1. The van der Waals surface area contributed by atoms with E-state index in [1.807, 2.05) is 35.3 Å². The number of fused-ring (bicyclic) bond motifs is 3. The first kappa shape index (κ1) is 19.2. The normalized spacial score (nSPS) is 19.6. The van der Waals surface area contributed by atoms with Crippen LogP contribution in [0.3, 0.4) is 0 Å². The largest absolute Gasteiger partial charge is 0.497 e. The second kappa shape index (κ2) is 7.49. The van der Waals surface area contributed by atoms with Crippen LogP contribution in [-0.2, 0) is 0 Å². The Morgan fingerprint density at radius 3 is 2.50 bits per heavy atom. The number of benzene rings is 3. The fraction of sp³-hybridized carbons (Fsp3) is 0.174. The van der Waals surface area contributed by atoms with E-state index >= 15 is 0 Å². The molecule has 0 radical (unpaired) electrons. The number of ether oxygens (including phenoxy) is 2. The molecular weight excluding hydrogens is 426 g/mol. The Balaban J connectivity index is 1.60. The zero-order valence-corrected chi connectivity index (χ0v) is 17.5. The highest BCUT2D eigenvalue weighted by molar-refractivity contribution is 6.35. The summed E-state index contributed by atoms with van der Waals surface area (Å²) in [6.45, 7) is 0. The molecule has 0 bridgehead atoms. The lowest BCUT2D eigenvalue weighted by molar-refractivity contribution is -0.0189. The molecule has 7 heteroatoms. The van der Waals surface area contributed by atoms with Gasteiger partial charge in [-0.25, -0.2) is 9.40 Å². The Kier molecular flexibility index (Phi) is 4.80. The number of hydrogen-bond acceptors (Lipinski definition) is 4. The van der Waals surface area contributed by atoms with Gasteiger partial charge in [-0.2, -0.15) is 5.10 Å². The van der Waals surface area contributed by atoms with Crippen LogP contribution in [0.25, 0.3) is 0 Å². The predicted molar refractivity (Wildman–Crippen MR) is 115 cm³/mol. The van der Waals surface area contributed by atoms with Gasteiger partial charge in [-0.3, -0.25) is 0 Å². The lowest BCUT2D eigenvalue weighted by Gasteiger charge is -2.38. The molecule has 0 saturated carbocycles. The molecule has 3 aromatic rings. The van der Waals surface area contributed by atoms with E-state index in [0.717, 1.165) is 28.2 Å². The number of halogens is 3. The summed E-state index contributed by atoms with van der Waals surface area (Å²) in [6.07, 6.45) is 0.134. The number of methoxy groups -OCH3 is 1. The number of rotatable bonds is 3. The van der Waals surface area contributed by atoms with E-state index in [1.54, 1.807) is 25.3 Å². The molecule has 0 spiro atoms. The first-order chi connectivity index (χ1) is 14.5. The molecule has 152 valence electrons. The minimum atomic E-state index is -0.530. The molecule has 0 unspecified atom stereocenters. The molecule has 4 nitrogen and oxygen atoms in total. The SMILES string of the molecule is COc1ccc(C2=NN3[C@H](C2)c2cc(Cl)cc(Cl)c2O[C@H]3c2ccc(F)cc2)cc1. The Hall–Kier alpha value is -2.76. The van der Waals surface area contributed by atoms with Crippen molar-refractivity contribution < 1.29 is 13.9 Å². The van der Waals surface area contributed by atoms with Crippen molar-refractivity contribution >= 4 is 28.9 Å². The smallest absolute Gasteiger partial charge is 0.213 e. The van der Waals surface area contributed by atoms with Crippen LogP contribution in [-0.4, -0.2) is 17.8 Å². The molecule has 0 aromatic heterocycles. The van der Waals surface area contributed by atoms with E-state index < -0.39 is 6.23 Å². The molecule has 3 aromatic carbocycles. The van der Waals surface area contributed by atoms with Crippen LogP contribution in [0.1, 0.15) is 35.4 Å². The summed E-state index contributed by atoms with van der Waals surface area (Å²) >= 11 is 12.7. The van der Waals surface area contributed by atoms with Gasteiger partial charge >= 0.3 is 0 Å². The van der Waals surface area contributed by atoms with Gasteiger partial charge in [0.2, 0.25) is 6.23 Å². The van der Waals surface area contributed by atoms with E-state index in [2.05, 4.69) is 0 Å². The second-order valence-corrected chi connectivity index (χ2v) is 8.05. The van der Waals surface area contributed by atoms with E-state index in [9.17, 15) is 4.39 Å². The van der Waals surface area contributed by atoms with Crippen LogP contribution in [0, 0.1) is 5.82 Å². The maximum atomic E-state index is 13.5. The Morgan fingerprint density at radius 2 is 1.80 bits per heavy atom. The third-order valence-electron chi connectivity index (χ3n) is 5.39. The molecular formula is C23H17Cl2FN2O2. The van der Waals surface area contributed by atoms with Gasteiger partial charge in [0.25, 0.3) is 0 Å². The quantitative estimate of drug-likeness (QED) is 0.471. The van der Waals surface area contributed by atoms with E-state index in [0.29, 0.717) is 22.2 Å². The van der Waals surface area contributed by atoms with Crippen molar-refractivity contribution in [3.8, 4) is 11.5 Å². The predicted octanol–water partition coefficient (Wildman–Crippen LogP) is 6.38. The molecule has 30 heavy (non-hydrogen) atoms. The fourth-order valence-corrected chi connectivity index (χ4v) is 4.47. The highest BCUT2D eigenvalue weighted by atomic mass is 35.5. The van der Waals surface area contributed by atoms with Crippen molar-refractivity contribution in [1.82, 2.24) is 5.01 Å². The standard InChI is InChI=1S/C23H17Cl2FN2O2/c1-29-17-8-4-13(5-9-17)20-12-21-18-10-15(24)11-19(25)22(18)30-23(28(21)27-20)14-2-6-16(26)7-3-14/h2-11,21,23H,12H2,1H3/t21-,23+/m1/s1. The first-order valence-corrected chi connectivity index (χ1v) is 10.2. The summed E-state index contributed by atoms with van der Waals surface area (Å²) in [6, 6.07) is 17.4. The maximum absolute atomic E-state index is 13.5. The molecule has 5 rings (SSSR count). The lowest BCUT2D eigenvalue weighted by atomic mass is 9.96. The molecule has 0 saturated heterocycles. The number of hydrogen-bond donors (Lipinski definition) is 0. The van der Waals surface area contributed by atoms with E-state index in [1.165, 1.54) is 12.1 Å². The van der Waals surface area contributed by atoms with E-state index in [4.69, 9.17) is 37.8 Å². The van der Waals surface area contributed by atoms with Crippen molar-refractivity contribution in [3.63, 3.8) is 0 Å². The second-order valence-electron chi connectivity index (χ2n) is 7.20. The third kappa shape index (κ3) is 3.28. The first-order valence-electron chi connectivity index (χ1n) is 9.45. The summed E-state index contributed by atoms with van der Waals surface area (Å²) in [5, 5.41) is 7.77. The third-order valence-corrected chi connectivity index (χ3v) is 5.89. The molecule has 2 aliphatic heterocycles. The van der Waals surface area contributed by atoms with Crippen LogP contribution in [0.5, 0.6) is 11.5 Å². The van der Waals surface area contributed by atoms with Gasteiger partial charge in [0.15, 0.2) is 0 Å². The van der Waals surface area contributed by atoms with Crippen LogP contribution >= 0.6 is 23.2 Å². The summed E-state index contributed by atoms with van der Waals surface area (Å²) in [5.41, 5.74) is 3.59. The molecule has 2 aliphatic rings. The topological polar surface area (TPSA) is 34.1 Å². The highest BCUT2D eigenvalue weighted by Gasteiger charge is 2.42. The van der Waals surface area contributed by atoms with Crippen LogP contribution in [0.15, 0.2) is 65.8 Å². The van der Waals surface area contributed by atoms with Crippen molar-refractivity contribution in [2.75, 3.05) is 7.11 Å². The van der Waals surface area contributed by atoms with Gasteiger partial charge in [-0.05, 0) is 54.1 Å². The molecule has 2 heterocycles. The molecule has 0 fully saturated rings. The zero-order valence-electron chi connectivity index (χ0n) is 16.0. The lowest BCUT2D eigenvalue weighted by Crippen LogP contribution is -2.33. The number of nitrogens with zero attached hydrogens (tertiary/aromatic N) is 2. The minimum Gasteiger partial charge on any atom is -0.497 e. The van der Waals surface area contributed by atoms with Gasteiger partial charge in [-0.1, -0.05) is 35.3 Å². The Bertz CT molecular complexity index is 1130. The van der Waals surface area contributed by atoms with Gasteiger partial charge in [-0.15, -0.1) is 0 Å². The molecule has 2 atom stereocenters. The van der Waals surface area contributed by atoms with Gasteiger partial charge in [0.1, 0.15) is 17.3 Å². The van der Waals surface area contributed by atoms with E-state index in [-0.39, 0.29) is 11.9 Å². The zero-order chi connectivity index (χ0) is 20.8. The van der Waals surface area contributed by atoms with Crippen LogP contribution in [0.2, 0.25) is 10.0 Å². The van der Waals surface area contributed by atoms with Gasteiger partial charge < -0.3 is 9.47 Å². The summed E-state index contributed by atoms with van der Waals surface area (Å²) < 4.78 is 25.0. The van der Waals surface area contributed by atoms with Crippen molar-refractivity contribution in [1.29, 1.82) is 0 Å². The molecule has 0 N–H and O–H groups in total. The molecule has 0 amide bonds. The van der Waals surface area contributed by atoms with Crippen LogP contribution in [0.4, 0.5) is 4.39 Å². The van der Waals surface area contributed by atoms with Crippen molar-refractivity contribution in [2.45, 2.75) is 18.7 Å². The van der Waals surface area contributed by atoms with Crippen molar-refractivity contribution in [2.24, 2.45) is 5.10 Å². The Morgan fingerprint density at radius 1 is 1.07 bits per heavy atom. The van der Waals surface area contributed by atoms with Crippen LogP contribution < -0.4 is 9.47 Å². The highest BCUT2D eigenvalue weighted by Crippen LogP contribution is 2.50. The van der Waals surface area contributed by atoms with Gasteiger partial charge in [0.05, 0.1) is 23.9 Å². The summed E-state index contributed by atoms with van der Waals surface area (Å²) in [7, 11) is 1.64. The average molecular weight is 443 g/mol. The summed E-state index contributed by atoms with van der Waals surface area (Å²) in [5.74, 6) is 1.06. The van der Waals surface area contributed by atoms with Crippen molar-refractivity contribution in [3.05, 3.63) is 93.2 Å². The maximum Gasteiger partial charge on any atom is 0.213 e. The fourth-order valence-electron chi connectivity index (χ4n) is 3.92.